The number of anilines is 1. The molecule has 0 spiro atoms. The molecular weight excluding hydrogens is 558 g/mol. The maximum Gasteiger partial charge on any atom is 0.265 e. The lowest BCUT2D eigenvalue weighted by molar-refractivity contribution is 0.0932. The van der Waals surface area contributed by atoms with E-state index in [1.165, 1.54) is 24.3 Å². The van der Waals surface area contributed by atoms with Gasteiger partial charge in [-0.2, -0.15) is 0 Å². The average Bonchev–Trinajstić information content (AvgIpc) is 2.76. The van der Waals surface area contributed by atoms with Gasteiger partial charge in [0.1, 0.15) is 34.1 Å². The first-order chi connectivity index (χ1) is 16.0. The Labute approximate surface area is 206 Å². The topological polar surface area (TPSA) is 105 Å². The molecule has 0 unspecified atom stereocenters. The van der Waals surface area contributed by atoms with Crippen LogP contribution in [0.15, 0.2) is 51.8 Å². The molecule has 12 heteroatoms. The molecule has 0 fully saturated rings. The molecule has 34 heavy (non-hydrogen) atoms. The van der Waals surface area contributed by atoms with Crippen LogP contribution in [-0.4, -0.2) is 32.1 Å². The first kappa shape index (κ1) is 24.2. The molecule has 1 aliphatic heterocycles. The number of halogens is 4. The van der Waals surface area contributed by atoms with E-state index < -0.39 is 50.0 Å². The standard InChI is InChI=1S/C22H16BrClF2N2O5S/c1-10-9-27-22(30)11-4-15(23)21(29)20(5-11)34(31,32)28-18-7-13(16(25)8-17(18)26)14-6-12(24)2-3-19(14)33-10/h2-8,10,28-29H,9H2,1H3,(H,27,30)/t10-/m0/s1. The van der Waals surface area contributed by atoms with E-state index in [4.69, 9.17) is 16.3 Å². The van der Waals surface area contributed by atoms with Crippen molar-refractivity contribution in [3.05, 3.63) is 69.2 Å². The number of carbonyl (C=O) groups is 1. The number of ether oxygens (including phenoxy) is 1. The highest BCUT2D eigenvalue weighted by Gasteiger charge is 2.26. The quantitative estimate of drug-likeness (QED) is 0.349. The number of hydrogen-bond donors (Lipinski definition) is 3. The van der Waals surface area contributed by atoms with Gasteiger partial charge in [0.2, 0.25) is 0 Å². The summed E-state index contributed by atoms with van der Waals surface area (Å²) in [6.07, 6.45) is -0.598. The largest absolute Gasteiger partial charge is 0.505 e. The molecule has 178 valence electrons. The number of hydrogen-bond acceptors (Lipinski definition) is 5. The maximum atomic E-state index is 14.8. The van der Waals surface area contributed by atoms with Gasteiger partial charge in [-0.25, -0.2) is 17.2 Å². The minimum Gasteiger partial charge on any atom is -0.505 e. The van der Waals surface area contributed by atoms with Crippen LogP contribution in [-0.2, 0) is 10.0 Å². The number of sulfonamides is 1. The number of fused-ring (bicyclic) bond motifs is 6. The van der Waals surface area contributed by atoms with Crippen molar-refractivity contribution < 1.29 is 31.8 Å². The Morgan fingerprint density at radius 1 is 1.12 bits per heavy atom. The normalized spacial score (nSPS) is 17.3. The fourth-order valence-corrected chi connectivity index (χ4v) is 5.32. The number of nitrogens with one attached hydrogen (secondary N) is 2. The molecule has 3 aromatic carbocycles. The van der Waals surface area contributed by atoms with Gasteiger partial charge in [0.05, 0.1) is 16.7 Å². The molecule has 4 rings (SSSR count). The molecular formula is C22H16BrClF2N2O5S. The van der Waals surface area contributed by atoms with E-state index >= 15 is 0 Å². The molecule has 1 amide bonds. The van der Waals surface area contributed by atoms with Crippen LogP contribution >= 0.6 is 27.5 Å². The highest BCUT2D eigenvalue weighted by molar-refractivity contribution is 9.10. The van der Waals surface area contributed by atoms with E-state index in [1.54, 1.807) is 6.92 Å². The summed E-state index contributed by atoms with van der Waals surface area (Å²) in [7, 11) is -4.61. The van der Waals surface area contributed by atoms with Gasteiger partial charge < -0.3 is 15.2 Å². The zero-order valence-electron chi connectivity index (χ0n) is 17.3. The van der Waals surface area contributed by atoms with E-state index in [9.17, 15) is 27.1 Å². The predicted octanol–water partition coefficient (Wildman–Crippen LogP) is 5.06. The first-order valence-corrected chi connectivity index (χ1v) is 12.4. The van der Waals surface area contributed by atoms with Gasteiger partial charge in [-0.3, -0.25) is 9.52 Å². The molecule has 3 N–H and O–H groups in total. The van der Waals surface area contributed by atoms with Crippen LogP contribution in [0.4, 0.5) is 14.5 Å². The second-order valence-corrected chi connectivity index (χ2v) is 10.4. The van der Waals surface area contributed by atoms with Crippen LogP contribution in [0, 0.1) is 11.6 Å². The van der Waals surface area contributed by atoms with Crippen molar-refractivity contribution in [2.75, 3.05) is 11.3 Å². The molecule has 1 heterocycles. The van der Waals surface area contributed by atoms with Crippen molar-refractivity contribution in [1.82, 2.24) is 5.32 Å². The van der Waals surface area contributed by atoms with Crippen LogP contribution in [0.5, 0.6) is 11.5 Å². The lowest BCUT2D eigenvalue weighted by Gasteiger charge is -2.19. The lowest BCUT2D eigenvalue weighted by atomic mass is 10.0. The van der Waals surface area contributed by atoms with Gasteiger partial charge in [0, 0.05) is 27.8 Å². The van der Waals surface area contributed by atoms with Crippen LogP contribution in [0.3, 0.4) is 0 Å². The zero-order valence-corrected chi connectivity index (χ0v) is 20.5. The van der Waals surface area contributed by atoms with Crippen LogP contribution in [0.1, 0.15) is 17.3 Å². The zero-order chi connectivity index (χ0) is 24.8. The number of amides is 1. The number of benzene rings is 3. The monoisotopic (exact) mass is 572 g/mol. The van der Waals surface area contributed by atoms with Gasteiger partial charge in [0.25, 0.3) is 15.9 Å². The Morgan fingerprint density at radius 3 is 2.59 bits per heavy atom. The molecule has 0 radical (unpaired) electrons. The second-order valence-electron chi connectivity index (χ2n) is 7.50. The van der Waals surface area contributed by atoms with Gasteiger partial charge >= 0.3 is 0 Å². The minimum atomic E-state index is -4.61. The molecule has 1 aliphatic rings. The highest BCUT2D eigenvalue weighted by atomic mass is 79.9. The summed E-state index contributed by atoms with van der Waals surface area (Å²) in [5.74, 6) is -3.33. The number of aromatic hydroxyl groups is 1. The Balaban J connectivity index is 1.97. The molecule has 0 aromatic heterocycles. The van der Waals surface area contributed by atoms with Crippen molar-refractivity contribution >= 4 is 49.1 Å². The molecule has 0 aliphatic carbocycles. The smallest absolute Gasteiger partial charge is 0.265 e. The molecule has 7 nitrogen and oxygen atoms in total. The van der Waals surface area contributed by atoms with E-state index in [2.05, 4.69) is 21.2 Å². The van der Waals surface area contributed by atoms with Gasteiger partial charge in [0.15, 0.2) is 0 Å². The molecule has 0 saturated heterocycles. The molecule has 0 saturated carbocycles. The number of phenolic OH excluding ortho intramolecular Hbond substituents is 1. The number of phenols is 1. The summed E-state index contributed by atoms with van der Waals surface area (Å²) in [4.78, 5) is 12.0. The number of carbonyl (C=O) groups excluding carboxylic acids is 1. The SMILES string of the molecule is C[C@H]1CNC(=O)c2cc(Br)c(O)c(c2)S(=O)(=O)Nc2cc(c(F)cc2F)-c2cc(Cl)ccc2O1. The third kappa shape index (κ3) is 4.68. The van der Waals surface area contributed by atoms with Crippen molar-refractivity contribution in [3.8, 4) is 22.6 Å². The molecule has 3 aromatic rings. The first-order valence-electron chi connectivity index (χ1n) is 9.75. The van der Waals surface area contributed by atoms with Crippen LogP contribution in [0.2, 0.25) is 5.02 Å². The van der Waals surface area contributed by atoms with E-state index in [0.29, 0.717) is 6.07 Å². The molecule has 4 bridgehead atoms. The Kier molecular flexibility index (Phi) is 6.45. The Morgan fingerprint density at radius 2 is 1.85 bits per heavy atom. The fraction of sp³-hybridized carbons (Fsp3) is 0.136. The maximum absolute atomic E-state index is 14.8. The Hall–Kier alpha value is -2.89. The third-order valence-electron chi connectivity index (χ3n) is 4.99. The summed E-state index contributed by atoms with van der Waals surface area (Å²) in [6.45, 7) is 1.67. The van der Waals surface area contributed by atoms with E-state index in [1.807, 2.05) is 4.72 Å². The van der Waals surface area contributed by atoms with Crippen LogP contribution < -0.4 is 14.8 Å². The summed E-state index contributed by atoms with van der Waals surface area (Å²) in [5.41, 5.74) is -0.707. The van der Waals surface area contributed by atoms with Gasteiger partial charge in [-0.15, -0.1) is 0 Å². The summed E-state index contributed by atoms with van der Waals surface area (Å²) in [6, 6.07) is 8.05. The number of rotatable bonds is 0. The van der Waals surface area contributed by atoms with Crippen molar-refractivity contribution in [2.24, 2.45) is 0 Å². The lowest BCUT2D eigenvalue weighted by Crippen LogP contribution is -2.33. The average molecular weight is 574 g/mol. The molecule has 1 atom stereocenters. The third-order valence-corrected chi connectivity index (χ3v) is 7.21. The highest BCUT2D eigenvalue weighted by Crippen LogP contribution is 2.39. The summed E-state index contributed by atoms with van der Waals surface area (Å²) < 4.78 is 63.4. The van der Waals surface area contributed by atoms with E-state index in [0.717, 1.165) is 12.1 Å². The van der Waals surface area contributed by atoms with E-state index in [-0.39, 0.29) is 38.5 Å². The minimum absolute atomic E-state index is 0.0108. The Bertz CT molecular complexity index is 1440. The van der Waals surface area contributed by atoms with Crippen LogP contribution in [0.25, 0.3) is 11.1 Å². The van der Waals surface area contributed by atoms with Crippen molar-refractivity contribution in [1.29, 1.82) is 0 Å². The van der Waals surface area contributed by atoms with Crippen molar-refractivity contribution in [2.45, 2.75) is 17.9 Å². The predicted molar refractivity (Wildman–Crippen MR) is 126 cm³/mol. The van der Waals surface area contributed by atoms with Crippen molar-refractivity contribution in [3.63, 3.8) is 0 Å². The van der Waals surface area contributed by atoms with Gasteiger partial charge in [-0.05, 0) is 59.3 Å². The second kappa shape index (κ2) is 9.05. The summed E-state index contributed by atoms with van der Waals surface area (Å²) >= 11 is 9.11. The van der Waals surface area contributed by atoms with Gasteiger partial charge in [-0.1, -0.05) is 11.6 Å². The fourth-order valence-electron chi connectivity index (χ4n) is 3.36. The summed E-state index contributed by atoms with van der Waals surface area (Å²) in [5, 5.41) is 13.2.